The van der Waals surface area contributed by atoms with Crippen LogP contribution in [-0.4, -0.2) is 36.5 Å². The van der Waals surface area contributed by atoms with Crippen molar-refractivity contribution in [3.05, 3.63) is 35.9 Å². The highest BCUT2D eigenvalue weighted by Gasteiger charge is 2.12. The molecule has 1 rings (SSSR count). The standard InChI is InChI=1S/C15H23N3O2/c1-3-10-18(11-13-8-6-5-7-9-13)12-14(19)17-15(20)16-4-2/h5-9H,3-4,10-12H2,1-2H3,(H2,16,17,19,20). The summed E-state index contributed by atoms with van der Waals surface area (Å²) in [4.78, 5) is 25.1. The molecule has 0 saturated carbocycles. The molecule has 0 unspecified atom stereocenters. The minimum absolute atomic E-state index is 0.222. The smallest absolute Gasteiger partial charge is 0.321 e. The Kier molecular flexibility index (Phi) is 7.35. The maximum Gasteiger partial charge on any atom is 0.321 e. The number of hydrogen-bond donors (Lipinski definition) is 2. The predicted molar refractivity (Wildman–Crippen MR) is 79.2 cm³/mol. The fourth-order valence-electron chi connectivity index (χ4n) is 1.95. The number of carbonyl (C=O) groups is 2. The molecule has 0 atom stereocenters. The van der Waals surface area contributed by atoms with Crippen LogP contribution >= 0.6 is 0 Å². The normalized spacial score (nSPS) is 10.3. The van der Waals surface area contributed by atoms with E-state index >= 15 is 0 Å². The van der Waals surface area contributed by atoms with Gasteiger partial charge in [-0.2, -0.15) is 0 Å². The van der Waals surface area contributed by atoms with Gasteiger partial charge in [-0.25, -0.2) is 4.79 Å². The number of rotatable bonds is 7. The van der Waals surface area contributed by atoms with Gasteiger partial charge < -0.3 is 5.32 Å². The molecule has 0 fully saturated rings. The molecule has 0 aliphatic rings. The number of hydrogen-bond acceptors (Lipinski definition) is 3. The van der Waals surface area contributed by atoms with Gasteiger partial charge in [-0.3, -0.25) is 15.0 Å². The van der Waals surface area contributed by atoms with Gasteiger partial charge in [-0.05, 0) is 25.5 Å². The molecule has 1 aromatic rings. The summed E-state index contributed by atoms with van der Waals surface area (Å²) in [5, 5.41) is 4.87. The van der Waals surface area contributed by atoms with Crippen molar-refractivity contribution in [1.82, 2.24) is 15.5 Å². The molecule has 0 radical (unpaired) electrons. The van der Waals surface area contributed by atoms with Crippen LogP contribution < -0.4 is 10.6 Å². The topological polar surface area (TPSA) is 61.4 Å². The lowest BCUT2D eigenvalue weighted by Gasteiger charge is -2.21. The highest BCUT2D eigenvalue weighted by Crippen LogP contribution is 2.04. The van der Waals surface area contributed by atoms with Crippen molar-refractivity contribution in [2.45, 2.75) is 26.8 Å². The average molecular weight is 277 g/mol. The second-order valence-corrected chi connectivity index (χ2v) is 4.60. The van der Waals surface area contributed by atoms with E-state index in [1.54, 1.807) is 0 Å². The number of urea groups is 1. The zero-order valence-corrected chi connectivity index (χ0v) is 12.2. The van der Waals surface area contributed by atoms with Crippen molar-refractivity contribution in [3.8, 4) is 0 Å². The van der Waals surface area contributed by atoms with E-state index in [1.807, 2.05) is 42.2 Å². The number of imide groups is 1. The van der Waals surface area contributed by atoms with E-state index in [0.717, 1.165) is 18.5 Å². The Morgan fingerprint density at radius 3 is 2.45 bits per heavy atom. The minimum atomic E-state index is -0.436. The summed E-state index contributed by atoms with van der Waals surface area (Å²) in [5.41, 5.74) is 1.16. The Balaban J connectivity index is 2.50. The Hall–Kier alpha value is -1.88. The Labute approximate surface area is 120 Å². The first-order chi connectivity index (χ1) is 9.65. The van der Waals surface area contributed by atoms with Gasteiger partial charge in [0.15, 0.2) is 0 Å². The molecule has 5 heteroatoms. The van der Waals surface area contributed by atoms with E-state index in [2.05, 4.69) is 17.6 Å². The average Bonchev–Trinajstić information content (AvgIpc) is 2.40. The Morgan fingerprint density at radius 1 is 1.15 bits per heavy atom. The van der Waals surface area contributed by atoms with E-state index in [1.165, 1.54) is 0 Å². The van der Waals surface area contributed by atoms with Crippen LogP contribution in [0.5, 0.6) is 0 Å². The van der Waals surface area contributed by atoms with Gasteiger partial charge >= 0.3 is 6.03 Å². The number of benzene rings is 1. The number of amides is 3. The maximum atomic E-state index is 11.8. The SMILES string of the molecule is CCCN(CC(=O)NC(=O)NCC)Cc1ccccc1. The third kappa shape index (κ3) is 6.33. The van der Waals surface area contributed by atoms with Crippen LogP contribution in [0.3, 0.4) is 0 Å². The minimum Gasteiger partial charge on any atom is -0.338 e. The summed E-state index contributed by atoms with van der Waals surface area (Å²) in [6, 6.07) is 9.56. The molecule has 0 bridgehead atoms. The lowest BCUT2D eigenvalue weighted by molar-refractivity contribution is -0.121. The molecular weight excluding hydrogens is 254 g/mol. The molecule has 0 aliphatic heterocycles. The first-order valence-corrected chi connectivity index (χ1v) is 6.99. The molecule has 5 nitrogen and oxygen atoms in total. The van der Waals surface area contributed by atoms with E-state index in [0.29, 0.717) is 13.1 Å². The van der Waals surface area contributed by atoms with Crippen LogP contribution in [0.1, 0.15) is 25.8 Å². The van der Waals surface area contributed by atoms with Gasteiger partial charge in [-0.1, -0.05) is 37.3 Å². The summed E-state index contributed by atoms with van der Waals surface area (Å²) in [5.74, 6) is -0.277. The zero-order valence-electron chi connectivity index (χ0n) is 12.2. The Bertz CT molecular complexity index is 420. The summed E-state index contributed by atoms with van der Waals surface area (Å²) in [7, 11) is 0. The van der Waals surface area contributed by atoms with Crippen molar-refractivity contribution in [3.63, 3.8) is 0 Å². The van der Waals surface area contributed by atoms with Gasteiger partial charge in [0, 0.05) is 13.1 Å². The van der Waals surface area contributed by atoms with Crippen molar-refractivity contribution in [2.24, 2.45) is 0 Å². The van der Waals surface area contributed by atoms with Crippen molar-refractivity contribution in [1.29, 1.82) is 0 Å². The highest BCUT2D eigenvalue weighted by atomic mass is 16.2. The van der Waals surface area contributed by atoms with E-state index in [4.69, 9.17) is 0 Å². The van der Waals surface area contributed by atoms with Crippen molar-refractivity contribution < 1.29 is 9.59 Å². The van der Waals surface area contributed by atoms with Crippen molar-refractivity contribution in [2.75, 3.05) is 19.6 Å². The van der Waals surface area contributed by atoms with E-state index in [9.17, 15) is 9.59 Å². The largest absolute Gasteiger partial charge is 0.338 e. The van der Waals surface area contributed by atoms with Gasteiger partial charge in [0.25, 0.3) is 0 Å². The van der Waals surface area contributed by atoms with Crippen LogP contribution in [0, 0.1) is 0 Å². The van der Waals surface area contributed by atoms with Crippen molar-refractivity contribution >= 4 is 11.9 Å². The van der Waals surface area contributed by atoms with Gasteiger partial charge in [0.05, 0.1) is 6.54 Å². The fourth-order valence-corrected chi connectivity index (χ4v) is 1.95. The monoisotopic (exact) mass is 277 g/mol. The van der Waals surface area contributed by atoms with Crippen LogP contribution in [-0.2, 0) is 11.3 Å². The number of nitrogens with zero attached hydrogens (tertiary/aromatic N) is 1. The number of carbonyl (C=O) groups excluding carboxylic acids is 2. The first kappa shape index (κ1) is 16.2. The van der Waals surface area contributed by atoms with Crippen LogP contribution in [0.4, 0.5) is 4.79 Å². The van der Waals surface area contributed by atoms with Gasteiger partial charge in [0.2, 0.25) is 5.91 Å². The molecule has 110 valence electrons. The predicted octanol–water partition coefficient (Wildman–Crippen LogP) is 1.74. The molecule has 0 spiro atoms. The lowest BCUT2D eigenvalue weighted by Crippen LogP contribution is -2.44. The first-order valence-electron chi connectivity index (χ1n) is 6.99. The summed E-state index contributed by atoms with van der Waals surface area (Å²) in [6.45, 7) is 6.12. The fraction of sp³-hybridized carbons (Fsp3) is 0.467. The third-order valence-corrected chi connectivity index (χ3v) is 2.75. The third-order valence-electron chi connectivity index (χ3n) is 2.75. The second-order valence-electron chi connectivity index (χ2n) is 4.60. The van der Waals surface area contributed by atoms with E-state index in [-0.39, 0.29) is 12.5 Å². The molecule has 1 aromatic carbocycles. The summed E-state index contributed by atoms with van der Waals surface area (Å²) >= 11 is 0. The van der Waals surface area contributed by atoms with Gasteiger partial charge in [-0.15, -0.1) is 0 Å². The molecule has 0 aliphatic carbocycles. The number of nitrogens with one attached hydrogen (secondary N) is 2. The molecule has 0 aromatic heterocycles. The lowest BCUT2D eigenvalue weighted by atomic mass is 10.2. The van der Waals surface area contributed by atoms with Crippen LogP contribution in [0.2, 0.25) is 0 Å². The molecule has 2 N–H and O–H groups in total. The molecular formula is C15H23N3O2. The molecule has 0 heterocycles. The second kappa shape index (κ2) is 9.09. The highest BCUT2D eigenvalue weighted by molar-refractivity contribution is 5.95. The summed E-state index contributed by atoms with van der Waals surface area (Å²) in [6.07, 6.45) is 0.960. The van der Waals surface area contributed by atoms with E-state index < -0.39 is 6.03 Å². The molecule has 0 saturated heterocycles. The molecule has 3 amide bonds. The molecule has 20 heavy (non-hydrogen) atoms. The van der Waals surface area contributed by atoms with Crippen LogP contribution in [0.25, 0.3) is 0 Å². The van der Waals surface area contributed by atoms with Gasteiger partial charge in [0.1, 0.15) is 0 Å². The maximum absolute atomic E-state index is 11.8. The summed E-state index contributed by atoms with van der Waals surface area (Å²) < 4.78 is 0. The van der Waals surface area contributed by atoms with Crippen LogP contribution in [0.15, 0.2) is 30.3 Å². The Morgan fingerprint density at radius 2 is 1.85 bits per heavy atom. The quantitative estimate of drug-likeness (QED) is 0.798. The zero-order chi connectivity index (χ0) is 14.8.